The maximum absolute atomic E-state index is 11.6. The fourth-order valence-corrected chi connectivity index (χ4v) is 2.88. The number of hydrogen-bond acceptors (Lipinski definition) is 2. The maximum atomic E-state index is 11.6. The predicted octanol–water partition coefficient (Wildman–Crippen LogP) is 2.70. The molecular formula is C12H21NO2. The SMILES string of the molecule is CC(C)(C)OC(=O)N[C@@H]1C[C@@H]2CC[C@H]1C2. The molecule has 0 heterocycles. The van der Waals surface area contributed by atoms with Crippen LogP contribution in [0.3, 0.4) is 0 Å². The zero-order valence-electron chi connectivity index (χ0n) is 9.88. The summed E-state index contributed by atoms with van der Waals surface area (Å²) >= 11 is 0. The summed E-state index contributed by atoms with van der Waals surface area (Å²) in [6, 6.07) is 0.374. The Balaban J connectivity index is 1.80. The molecule has 2 rings (SSSR count). The molecule has 0 aliphatic heterocycles. The summed E-state index contributed by atoms with van der Waals surface area (Å²) < 4.78 is 5.26. The third kappa shape index (κ3) is 2.64. The van der Waals surface area contributed by atoms with Crippen molar-refractivity contribution in [2.45, 2.75) is 58.1 Å². The van der Waals surface area contributed by atoms with Gasteiger partial charge in [0.05, 0.1) is 0 Å². The van der Waals surface area contributed by atoms with Gasteiger partial charge in [-0.25, -0.2) is 4.79 Å². The molecule has 86 valence electrons. The Morgan fingerprint density at radius 3 is 2.47 bits per heavy atom. The lowest BCUT2D eigenvalue weighted by molar-refractivity contribution is 0.0487. The van der Waals surface area contributed by atoms with Crippen LogP contribution in [0.25, 0.3) is 0 Å². The van der Waals surface area contributed by atoms with E-state index < -0.39 is 0 Å². The van der Waals surface area contributed by atoms with Crippen molar-refractivity contribution in [3.8, 4) is 0 Å². The third-order valence-electron chi connectivity index (χ3n) is 3.44. The topological polar surface area (TPSA) is 38.3 Å². The smallest absolute Gasteiger partial charge is 0.407 e. The highest BCUT2D eigenvalue weighted by molar-refractivity contribution is 5.68. The molecule has 3 heteroatoms. The van der Waals surface area contributed by atoms with Crippen molar-refractivity contribution in [2.75, 3.05) is 0 Å². The number of rotatable bonds is 1. The number of fused-ring (bicyclic) bond motifs is 2. The van der Waals surface area contributed by atoms with E-state index in [1.807, 2.05) is 20.8 Å². The van der Waals surface area contributed by atoms with E-state index in [9.17, 15) is 4.79 Å². The maximum Gasteiger partial charge on any atom is 0.407 e. The monoisotopic (exact) mass is 211 g/mol. The van der Waals surface area contributed by atoms with Gasteiger partial charge in [-0.1, -0.05) is 6.42 Å². The molecule has 0 saturated heterocycles. The molecule has 2 saturated carbocycles. The lowest BCUT2D eigenvalue weighted by atomic mass is 9.96. The molecule has 0 unspecified atom stereocenters. The average molecular weight is 211 g/mol. The molecule has 2 bridgehead atoms. The van der Waals surface area contributed by atoms with Crippen molar-refractivity contribution >= 4 is 6.09 Å². The van der Waals surface area contributed by atoms with Crippen LogP contribution in [0.5, 0.6) is 0 Å². The molecule has 0 aromatic rings. The normalized spacial score (nSPS) is 34.2. The third-order valence-corrected chi connectivity index (χ3v) is 3.44. The van der Waals surface area contributed by atoms with Crippen molar-refractivity contribution in [3.05, 3.63) is 0 Å². The molecule has 2 aliphatic rings. The van der Waals surface area contributed by atoms with Crippen LogP contribution in [0, 0.1) is 11.8 Å². The van der Waals surface area contributed by atoms with Gasteiger partial charge in [0.25, 0.3) is 0 Å². The number of hydrogen-bond donors (Lipinski definition) is 1. The van der Waals surface area contributed by atoms with Gasteiger partial charge in [-0.05, 0) is 51.9 Å². The fraction of sp³-hybridized carbons (Fsp3) is 0.917. The minimum Gasteiger partial charge on any atom is -0.444 e. The first-order valence-electron chi connectivity index (χ1n) is 5.93. The van der Waals surface area contributed by atoms with E-state index >= 15 is 0 Å². The van der Waals surface area contributed by atoms with E-state index in [0.717, 1.165) is 12.3 Å². The van der Waals surface area contributed by atoms with Gasteiger partial charge in [-0.3, -0.25) is 0 Å². The molecule has 0 aromatic carbocycles. The number of ether oxygens (including phenoxy) is 1. The van der Waals surface area contributed by atoms with Gasteiger partial charge in [0.2, 0.25) is 0 Å². The van der Waals surface area contributed by atoms with E-state index in [1.165, 1.54) is 19.3 Å². The molecule has 3 nitrogen and oxygen atoms in total. The van der Waals surface area contributed by atoms with Gasteiger partial charge < -0.3 is 10.1 Å². The molecule has 0 radical (unpaired) electrons. The standard InChI is InChI=1S/C12H21NO2/c1-12(2,3)15-11(14)13-10-7-8-4-5-9(10)6-8/h8-10H,4-7H2,1-3H3,(H,13,14)/t8-,9+,10-/m1/s1. The quantitative estimate of drug-likeness (QED) is 0.724. The Morgan fingerprint density at radius 1 is 1.27 bits per heavy atom. The highest BCUT2D eigenvalue weighted by atomic mass is 16.6. The Labute approximate surface area is 91.6 Å². The number of amides is 1. The highest BCUT2D eigenvalue weighted by Gasteiger charge is 2.40. The van der Waals surface area contributed by atoms with Gasteiger partial charge in [-0.15, -0.1) is 0 Å². The molecule has 1 amide bonds. The van der Waals surface area contributed by atoms with Crippen LogP contribution in [-0.2, 0) is 4.74 Å². The van der Waals surface area contributed by atoms with Gasteiger partial charge in [-0.2, -0.15) is 0 Å². The summed E-state index contributed by atoms with van der Waals surface area (Å²) in [7, 11) is 0. The minimum absolute atomic E-state index is 0.250. The van der Waals surface area contributed by atoms with Gasteiger partial charge in [0.15, 0.2) is 0 Å². The van der Waals surface area contributed by atoms with Crippen molar-refractivity contribution in [2.24, 2.45) is 11.8 Å². The molecule has 3 atom stereocenters. The molecule has 2 fully saturated rings. The molecule has 2 aliphatic carbocycles. The minimum atomic E-state index is -0.387. The highest BCUT2D eigenvalue weighted by Crippen LogP contribution is 2.44. The van der Waals surface area contributed by atoms with Crippen LogP contribution in [0.1, 0.15) is 46.5 Å². The number of nitrogens with one attached hydrogen (secondary N) is 1. The molecule has 0 aromatic heterocycles. The Morgan fingerprint density at radius 2 is 2.00 bits per heavy atom. The van der Waals surface area contributed by atoms with E-state index in [0.29, 0.717) is 12.0 Å². The summed E-state index contributed by atoms with van der Waals surface area (Å²) in [5, 5.41) is 3.01. The molecule has 0 spiro atoms. The van der Waals surface area contributed by atoms with Crippen molar-refractivity contribution in [3.63, 3.8) is 0 Å². The zero-order valence-corrected chi connectivity index (χ0v) is 9.88. The van der Waals surface area contributed by atoms with Gasteiger partial charge in [0.1, 0.15) is 5.60 Å². The van der Waals surface area contributed by atoms with Crippen molar-refractivity contribution in [1.82, 2.24) is 5.32 Å². The second-order valence-corrected chi connectivity index (χ2v) is 5.93. The predicted molar refractivity (Wildman–Crippen MR) is 58.6 cm³/mol. The second-order valence-electron chi connectivity index (χ2n) is 5.93. The Kier molecular flexibility index (Phi) is 2.65. The van der Waals surface area contributed by atoms with Gasteiger partial charge in [0, 0.05) is 6.04 Å². The molecular weight excluding hydrogens is 190 g/mol. The largest absolute Gasteiger partial charge is 0.444 e. The summed E-state index contributed by atoms with van der Waals surface area (Å²) in [6.45, 7) is 5.69. The first-order valence-corrected chi connectivity index (χ1v) is 5.93. The molecule has 15 heavy (non-hydrogen) atoms. The zero-order chi connectivity index (χ0) is 11.1. The number of carbonyl (C=O) groups excluding carboxylic acids is 1. The number of alkyl carbamates (subject to hydrolysis) is 1. The Hall–Kier alpha value is -0.730. The van der Waals surface area contributed by atoms with Crippen LogP contribution in [-0.4, -0.2) is 17.7 Å². The van der Waals surface area contributed by atoms with Crippen LogP contribution in [0.4, 0.5) is 4.79 Å². The van der Waals surface area contributed by atoms with Crippen LogP contribution < -0.4 is 5.32 Å². The summed E-state index contributed by atoms with van der Waals surface area (Å²) in [5.41, 5.74) is -0.387. The van der Waals surface area contributed by atoms with E-state index in [4.69, 9.17) is 4.74 Å². The van der Waals surface area contributed by atoms with Crippen LogP contribution in [0.15, 0.2) is 0 Å². The summed E-state index contributed by atoms with van der Waals surface area (Å²) in [5.74, 6) is 1.57. The van der Waals surface area contributed by atoms with Crippen LogP contribution in [0.2, 0.25) is 0 Å². The number of carbonyl (C=O) groups is 1. The van der Waals surface area contributed by atoms with Crippen molar-refractivity contribution < 1.29 is 9.53 Å². The summed E-state index contributed by atoms with van der Waals surface area (Å²) in [6.07, 6.45) is 4.85. The van der Waals surface area contributed by atoms with Crippen molar-refractivity contribution in [1.29, 1.82) is 0 Å². The average Bonchev–Trinajstić information content (AvgIpc) is 2.60. The van der Waals surface area contributed by atoms with E-state index in [1.54, 1.807) is 0 Å². The van der Waals surface area contributed by atoms with Gasteiger partial charge >= 0.3 is 6.09 Å². The van der Waals surface area contributed by atoms with E-state index in [2.05, 4.69) is 5.32 Å². The van der Waals surface area contributed by atoms with E-state index in [-0.39, 0.29) is 11.7 Å². The van der Waals surface area contributed by atoms with Crippen LogP contribution >= 0.6 is 0 Å². The lowest BCUT2D eigenvalue weighted by Gasteiger charge is -2.25. The summed E-state index contributed by atoms with van der Waals surface area (Å²) in [4.78, 5) is 11.6. The lowest BCUT2D eigenvalue weighted by Crippen LogP contribution is -2.41. The first kappa shape index (κ1) is 10.8. The fourth-order valence-electron chi connectivity index (χ4n) is 2.88. The first-order chi connectivity index (χ1) is 6.94. The second kappa shape index (κ2) is 3.69. The molecule has 1 N–H and O–H groups in total. The Bertz CT molecular complexity index is 257.